The van der Waals surface area contributed by atoms with Crippen molar-refractivity contribution >= 4 is 49.5 Å². The van der Waals surface area contributed by atoms with Crippen LogP contribution in [0.15, 0.2) is 143 Å². The molecule has 0 atom stereocenters. The van der Waals surface area contributed by atoms with Crippen molar-refractivity contribution in [3.05, 3.63) is 134 Å². The first kappa shape index (κ1) is 22.2. The highest BCUT2D eigenvalue weighted by molar-refractivity contribution is 6.25. The Kier molecular flexibility index (Phi) is 4.58. The Morgan fingerprint density at radius 1 is 0.512 bits per heavy atom. The Morgan fingerprint density at radius 2 is 1.22 bits per heavy atom. The van der Waals surface area contributed by atoms with Crippen molar-refractivity contribution in [2.75, 3.05) is 0 Å². The predicted octanol–water partition coefficient (Wildman–Crippen LogP) is 10.1. The van der Waals surface area contributed by atoms with E-state index in [2.05, 4.69) is 85.1 Å². The van der Waals surface area contributed by atoms with Crippen molar-refractivity contribution in [3.63, 3.8) is 0 Å². The molecule has 192 valence electrons. The number of para-hydroxylation sites is 2. The van der Waals surface area contributed by atoms with Crippen LogP contribution in [0.1, 0.15) is 0 Å². The lowest BCUT2D eigenvalue weighted by molar-refractivity contribution is 0.663. The van der Waals surface area contributed by atoms with Crippen molar-refractivity contribution in [2.45, 2.75) is 0 Å². The van der Waals surface area contributed by atoms with E-state index in [0.29, 0.717) is 0 Å². The number of nitrogens with zero attached hydrogens (tertiary/aromatic N) is 2. The number of furan rings is 2. The van der Waals surface area contributed by atoms with E-state index in [1.165, 1.54) is 0 Å². The standard InChI is InChI=1S/C37H22N2O2/c1-3-12-32-27(10-1)30-21-29(36-35(37(30)40-32)28-11-2-4-13-33(28)41-36)26-9-7-8-25(20-26)23-15-17-24(18-16-23)31-22-39-19-6-5-14-34(39)38-31/h1-22H. The third-order valence-corrected chi connectivity index (χ3v) is 8.04. The molecule has 0 saturated heterocycles. The molecule has 0 radical (unpaired) electrons. The molecule has 4 nitrogen and oxygen atoms in total. The smallest absolute Gasteiger partial charge is 0.147 e. The monoisotopic (exact) mass is 526 g/mol. The molecular formula is C37H22N2O2. The maximum Gasteiger partial charge on any atom is 0.147 e. The zero-order valence-corrected chi connectivity index (χ0v) is 21.9. The zero-order chi connectivity index (χ0) is 26.9. The Bertz CT molecular complexity index is 2390. The number of pyridine rings is 1. The molecule has 0 aliphatic carbocycles. The van der Waals surface area contributed by atoms with Gasteiger partial charge in [0.1, 0.15) is 28.0 Å². The summed E-state index contributed by atoms with van der Waals surface area (Å²) < 4.78 is 15.0. The molecule has 4 heteroatoms. The molecule has 4 aromatic heterocycles. The van der Waals surface area contributed by atoms with E-state index in [9.17, 15) is 0 Å². The highest BCUT2D eigenvalue weighted by Crippen LogP contribution is 2.44. The van der Waals surface area contributed by atoms with Gasteiger partial charge < -0.3 is 13.2 Å². The van der Waals surface area contributed by atoms with Gasteiger partial charge in [0.05, 0.1) is 11.1 Å². The van der Waals surface area contributed by atoms with Crippen LogP contribution in [-0.2, 0) is 0 Å². The SMILES string of the molecule is c1cc(-c2ccc(-c3cn4ccccc4n3)cc2)cc(-c2cc3c4ccccc4oc3c3c2oc2ccccc23)c1. The van der Waals surface area contributed by atoms with Crippen LogP contribution in [0.5, 0.6) is 0 Å². The van der Waals surface area contributed by atoms with E-state index in [4.69, 9.17) is 13.8 Å². The van der Waals surface area contributed by atoms with Gasteiger partial charge in [-0.15, -0.1) is 0 Å². The summed E-state index contributed by atoms with van der Waals surface area (Å²) in [6.45, 7) is 0. The van der Waals surface area contributed by atoms with Gasteiger partial charge in [-0.25, -0.2) is 4.98 Å². The third kappa shape index (κ3) is 3.38. The van der Waals surface area contributed by atoms with E-state index in [-0.39, 0.29) is 0 Å². The van der Waals surface area contributed by atoms with Gasteiger partial charge in [0, 0.05) is 39.7 Å². The third-order valence-electron chi connectivity index (χ3n) is 8.04. The number of benzene rings is 5. The minimum atomic E-state index is 0.845. The molecule has 0 aliphatic heterocycles. The molecule has 0 N–H and O–H groups in total. The maximum absolute atomic E-state index is 6.51. The van der Waals surface area contributed by atoms with Gasteiger partial charge >= 0.3 is 0 Å². The summed E-state index contributed by atoms with van der Waals surface area (Å²) >= 11 is 0. The molecule has 0 fully saturated rings. The minimum absolute atomic E-state index is 0.845. The molecular weight excluding hydrogens is 504 g/mol. The van der Waals surface area contributed by atoms with Crippen molar-refractivity contribution in [3.8, 4) is 33.5 Å². The van der Waals surface area contributed by atoms with Crippen LogP contribution in [0.2, 0.25) is 0 Å². The van der Waals surface area contributed by atoms with Crippen molar-refractivity contribution in [1.82, 2.24) is 9.38 Å². The molecule has 0 aliphatic rings. The second-order valence-corrected chi connectivity index (χ2v) is 10.5. The lowest BCUT2D eigenvalue weighted by Gasteiger charge is -2.08. The number of imidazole rings is 1. The van der Waals surface area contributed by atoms with E-state index in [1.807, 2.05) is 53.1 Å². The summed E-state index contributed by atoms with van der Waals surface area (Å²) in [5.74, 6) is 0. The molecule has 9 aromatic rings. The lowest BCUT2D eigenvalue weighted by atomic mass is 9.95. The highest BCUT2D eigenvalue weighted by Gasteiger charge is 2.20. The summed E-state index contributed by atoms with van der Waals surface area (Å²) in [6.07, 6.45) is 4.09. The van der Waals surface area contributed by atoms with Crippen LogP contribution >= 0.6 is 0 Å². The van der Waals surface area contributed by atoms with Crippen molar-refractivity contribution in [2.24, 2.45) is 0 Å². The molecule has 5 aromatic carbocycles. The first-order chi connectivity index (χ1) is 20.3. The fourth-order valence-corrected chi connectivity index (χ4v) is 6.05. The quantitative estimate of drug-likeness (QED) is 0.230. The fraction of sp³-hybridized carbons (Fsp3) is 0. The molecule has 0 bridgehead atoms. The largest absolute Gasteiger partial charge is 0.455 e. The van der Waals surface area contributed by atoms with Crippen molar-refractivity contribution in [1.29, 1.82) is 0 Å². The van der Waals surface area contributed by atoms with Gasteiger partial charge in [-0.1, -0.05) is 84.9 Å². The second-order valence-electron chi connectivity index (χ2n) is 10.5. The Balaban J connectivity index is 1.20. The average Bonchev–Trinajstić information content (AvgIpc) is 3.74. The lowest BCUT2D eigenvalue weighted by Crippen LogP contribution is -1.84. The average molecular weight is 527 g/mol. The molecule has 9 rings (SSSR count). The fourth-order valence-electron chi connectivity index (χ4n) is 6.05. The topological polar surface area (TPSA) is 43.6 Å². The van der Waals surface area contributed by atoms with Gasteiger partial charge in [-0.3, -0.25) is 0 Å². The minimum Gasteiger partial charge on any atom is -0.455 e. The summed E-state index contributed by atoms with van der Waals surface area (Å²) in [5.41, 5.74) is 10.9. The number of hydrogen-bond donors (Lipinski definition) is 0. The Hall–Kier alpha value is -5.61. The Morgan fingerprint density at radius 3 is 2.07 bits per heavy atom. The summed E-state index contributed by atoms with van der Waals surface area (Å²) in [4.78, 5) is 4.77. The number of aromatic nitrogens is 2. The van der Waals surface area contributed by atoms with Gasteiger partial charge in [-0.05, 0) is 53.1 Å². The first-order valence-electron chi connectivity index (χ1n) is 13.7. The highest BCUT2D eigenvalue weighted by atomic mass is 16.3. The van der Waals surface area contributed by atoms with Crippen LogP contribution < -0.4 is 0 Å². The normalized spacial score (nSPS) is 11.9. The summed E-state index contributed by atoms with van der Waals surface area (Å²) in [6, 6.07) is 42.0. The number of rotatable bonds is 3. The molecule has 0 spiro atoms. The number of fused-ring (bicyclic) bond motifs is 8. The summed E-state index contributed by atoms with van der Waals surface area (Å²) in [7, 11) is 0. The van der Waals surface area contributed by atoms with E-state index in [1.54, 1.807) is 0 Å². The van der Waals surface area contributed by atoms with Crippen molar-refractivity contribution < 1.29 is 8.83 Å². The summed E-state index contributed by atoms with van der Waals surface area (Å²) in [5, 5.41) is 4.28. The molecule has 41 heavy (non-hydrogen) atoms. The Labute approximate surface area is 234 Å². The predicted molar refractivity (Wildman–Crippen MR) is 166 cm³/mol. The molecule has 0 unspecified atom stereocenters. The van der Waals surface area contributed by atoms with E-state index in [0.717, 1.165) is 83.0 Å². The number of hydrogen-bond acceptors (Lipinski definition) is 3. The van der Waals surface area contributed by atoms with Crippen LogP contribution in [0.3, 0.4) is 0 Å². The van der Waals surface area contributed by atoms with Gasteiger partial charge in [0.25, 0.3) is 0 Å². The first-order valence-corrected chi connectivity index (χ1v) is 13.7. The van der Waals surface area contributed by atoms with Crippen LogP contribution in [0.25, 0.3) is 83.0 Å². The van der Waals surface area contributed by atoms with E-state index >= 15 is 0 Å². The van der Waals surface area contributed by atoms with Crippen LogP contribution in [0, 0.1) is 0 Å². The molecule has 0 amide bonds. The molecule has 4 heterocycles. The van der Waals surface area contributed by atoms with Gasteiger partial charge in [0.2, 0.25) is 0 Å². The maximum atomic E-state index is 6.51. The van der Waals surface area contributed by atoms with Crippen LogP contribution in [-0.4, -0.2) is 9.38 Å². The zero-order valence-electron chi connectivity index (χ0n) is 21.9. The van der Waals surface area contributed by atoms with E-state index < -0.39 is 0 Å². The molecule has 0 saturated carbocycles. The van der Waals surface area contributed by atoms with Gasteiger partial charge in [0.15, 0.2) is 0 Å². The second kappa shape index (κ2) is 8.44. The van der Waals surface area contributed by atoms with Crippen LogP contribution in [0.4, 0.5) is 0 Å². The van der Waals surface area contributed by atoms with Gasteiger partial charge in [-0.2, -0.15) is 0 Å².